The lowest BCUT2D eigenvalue weighted by atomic mass is 10.1. The van der Waals surface area contributed by atoms with Crippen LogP contribution in [-0.2, 0) is 6.54 Å². The fraction of sp³-hybridized carbons (Fsp3) is 0.333. The van der Waals surface area contributed by atoms with Crippen molar-refractivity contribution in [3.8, 4) is 11.5 Å². The van der Waals surface area contributed by atoms with E-state index >= 15 is 0 Å². The van der Waals surface area contributed by atoms with Crippen LogP contribution >= 0.6 is 0 Å². The van der Waals surface area contributed by atoms with Gasteiger partial charge < -0.3 is 14.8 Å². The fourth-order valence-corrected chi connectivity index (χ4v) is 2.71. The van der Waals surface area contributed by atoms with E-state index < -0.39 is 0 Å². The van der Waals surface area contributed by atoms with E-state index in [1.807, 2.05) is 24.3 Å². The molecule has 0 fully saturated rings. The van der Waals surface area contributed by atoms with Gasteiger partial charge in [-0.15, -0.1) is 0 Å². The Balaban J connectivity index is 1.52. The number of ether oxygens (including phenoxy) is 2. The lowest BCUT2D eigenvalue weighted by molar-refractivity contribution is 0.0902. The normalized spacial score (nSPS) is 16.8. The van der Waals surface area contributed by atoms with Crippen molar-refractivity contribution in [3.05, 3.63) is 59.2 Å². The molecular formula is C18H21NO2. The molecule has 1 unspecified atom stereocenters. The molecule has 3 rings (SSSR count). The number of hydrogen-bond donors (Lipinski definition) is 1. The highest BCUT2D eigenvalue weighted by molar-refractivity contribution is 5.40. The third-order valence-electron chi connectivity index (χ3n) is 3.55. The highest BCUT2D eigenvalue weighted by atomic mass is 16.6. The molecule has 0 saturated heterocycles. The Bertz CT molecular complexity index is 604. The molecule has 1 N–H and O–H groups in total. The smallest absolute Gasteiger partial charge is 0.161 e. The predicted molar refractivity (Wildman–Crippen MR) is 84.0 cm³/mol. The van der Waals surface area contributed by atoms with Crippen LogP contribution < -0.4 is 14.8 Å². The SMILES string of the molecule is Cc1cc(C)cc(CNCC2COc3ccccc3O2)c1. The average molecular weight is 283 g/mol. The second-order valence-corrected chi connectivity index (χ2v) is 5.62. The summed E-state index contributed by atoms with van der Waals surface area (Å²) in [4.78, 5) is 0. The zero-order valence-corrected chi connectivity index (χ0v) is 12.6. The second kappa shape index (κ2) is 6.19. The van der Waals surface area contributed by atoms with E-state index in [9.17, 15) is 0 Å². The first-order valence-electron chi connectivity index (χ1n) is 7.37. The van der Waals surface area contributed by atoms with Gasteiger partial charge in [0.15, 0.2) is 11.5 Å². The molecular weight excluding hydrogens is 262 g/mol. The van der Waals surface area contributed by atoms with Crippen LogP contribution in [0.15, 0.2) is 42.5 Å². The maximum absolute atomic E-state index is 5.93. The van der Waals surface area contributed by atoms with Gasteiger partial charge in [-0.25, -0.2) is 0 Å². The Kier molecular flexibility index (Phi) is 4.11. The van der Waals surface area contributed by atoms with Crippen LogP contribution in [0.4, 0.5) is 0 Å². The molecule has 0 amide bonds. The molecule has 110 valence electrons. The van der Waals surface area contributed by atoms with Crippen molar-refractivity contribution in [1.29, 1.82) is 0 Å². The lowest BCUT2D eigenvalue weighted by Crippen LogP contribution is -2.38. The highest BCUT2D eigenvalue weighted by Crippen LogP contribution is 2.30. The predicted octanol–water partition coefficient (Wildman–Crippen LogP) is 3.23. The van der Waals surface area contributed by atoms with Crippen molar-refractivity contribution < 1.29 is 9.47 Å². The summed E-state index contributed by atoms with van der Waals surface area (Å²) >= 11 is 0. The fourth-order valence-electron chi connectivity index (χ4n) is 2.71. The summed E-state index contributed by atoms with van der Waals surface area (Å²) in [6.07, 6.45) is 0.0609. The summed E-state index contributed by atoms with van der Waals surface area (Å²) in [6, 6.07) is 14.4. The van der Waals surface area contributed by atoms with Crippen LogP contribution in [0.1, 0.15) is 16.7 Å². The number of nitrogens with one attached hydrogen (secondary N) is 1. The highest BCUT2D eigenvalue weighted by Gasteiger charge is 2.19. The quantitative estimate of drug-likeness (QED) is 0.934. The summed E-state index contributed by atoms with van der Waals surface area (Å²) in [6.45, 7) is 6.49. The molecule has 1 aliphatic heterocycles. The topological polar surface area (TPSA) is 30.5 Å². The maximum Gasteiger partial charge on any atom is 0.161 e. The van der Waals surface area contributed by atoms with E-state index in [4.69, 9.17) is 9.47 Å². The zero-order chi connectivity index (χ0) is 14.7. The van der Waals surface area contributed by atoms with Crippen LogP contribution in [0.5, 0.6) is 11.5 Å². The van der Waals surface area contributed by atoms with Crippen LogP contribution in [0, 0.1) is 13.8 Å². The molecule has 1 heterocycles. The van der Waals surface area contributed by atoms with Gasteiger partial charge >= 0.3 is 0 Å². The van der Waals surface area contributed by atoms with Crippen molar-refractivity contribution in [1.82, 2.24) is 5.32 Å². The van der Waals surface area contributed by atoms with Gasteiger partial charge in [-0.1, -0.05) is 41.5 Å². The minimum Gasteiger partial charge on any atom is -0.486 e. The molecule has 1 aliphatic rings. The van der Waals surface area contributed by atoms with E-state index in [1.165, 1.54) is 16.7 Å². The minimum atomic E-state index is 0.0609. The van der Waals surface area contributed by atoms with Gasteiger partial charge in [-0.05, 0) is 31.5 Å². The molecule has 0 radical (unpaired) electrons. The summed E-state index contributed by atoms with van der Waals surface area (Å²) < 4.78 is 11.6. The van der Waals surface area contributed by atoms with Gasteiger partial charge in [0.25, 0.3) is 0 Å². The Morgan fingerprint density at radius 3 is 2.52 bits per heavy atom. The average Bonchev–Trinajstić information content (AvgIpc) is 2.46. The van der Waals surface area contributed by atoms with Gasteiger partial charge in [-0.2, -0.15) is 0 Å². The van der Waals surface area contributed by atoms with Crippen molar-refractivity contribution in [2.45, 2.75) is 26.5 Å². The molecule has 0 aromatic heterocycles. The third-order valence-corrected chi connectivity index (χ3v) is 3.55. The number of aryl methyl sites for hydroxylation is 2. The Morgan fingerprint density at radius 1 is 1.05 bits per heavy atom. The monoisotopic (exact) mass is 283 g/mol. The third kappa shape index (κ3) is 3.56. The molecule has 0 saturated carbocycles. The number of hydrogen-bond acceptors (Lipinski definition) is 3. The zero-order valence-electron chi connectivity index (χ0n) is 12.6. The summed E-state index contributed by atoms with van der Waals surface area (Å²) in [5.41, 5.74) is 3.92. The van der Waals surface area contributed by atoms with E-state index in [1.54, 1.807) is 0 Å². The molecule has 3 nitrogen and oxygen atoms in total. The molecule has 3 heteroatoms. The summed E-state index contributed by atoms with van der Waals surface area (Å²) in [7, 11) is 0. The van der Waals surface area contributed by atoms with Crippen LogP contribution in [-0.4, -0.2) is 19.3 Å². The number of fused-ring (bicyclic) bond motifs is 1. The molecule has 21 heavy (non-hydrogen) atoms. The van der Waals surface area contributed by atoms with Crippen molar-refractivity contribution in [2.75, 3.05) is 13.2 Å². The second-order valence-electron chi connectivity index (χ2n) is 5.62. The number of rotatable bonds is 4. The van der Waals surface area contributed by atoms with Gasteiger partial charge in [-0.3, -0.25) is 0 Å². The van der Waals surface area contributed by atoms with E-state index in [-0.39, 0.29) is 6.10 Å². The minimum absolute atomic E-state index is 0.0609. The molecule has 0 spiro atoms. The van der Waals surface area contributed by atoms with Gasteiger partial charge in [0.05, 0.1) is 0 Å². The Hall–Kier alpha value is -2.00. The van der Waals surface area contributed by atoms with Crippen molar-refractivity contribution in [3.63, 3.8) is 0 Å². The van der Waals surface area contributed by atoms with E-state index in [2.05, 4.69) is 37.4 Å². The van der Waals surface area contributed by atoms with Crippen LogP contribution in [0.25, 0.3) is 0 Å². The van der Waals surface area contributed by atoms with Crippen LogP contribution in [0.2, 0.25) is 0 Å². The Morgan fingerprint density at radius 2 is 1.76 bits per heavy atom. The molecule has 0 aliphatic carbocycles. The largest absolute Gasteiger partial charge is 0.486 e. The van der Waals surface area contributed by atoms with Crippen LogP contribution in [0.3, 0.4) is 0 Å². The van der Waals surface area contributed by atoms with E-state index in [0.29, 0.717) is 6.61 Å². The lowest BCUT2D eigenvalue weighted by Gasteiger charge is -2.26. The molecule has 2 aromatic rings. The Labute approximate surface area is 125 Å². The van der Waals surface area contributed by atoms with E-state index in [0.717, 1.165) is 24.6 Å². The summed E-state index contributed by atoms with van der Waals surface area (Å²) in [5.74, 6) is 1.67. The first-order valence-corrected chi connectivity index (χ1v) is 7.37. The standard InChI is InChI=1S/C18H21NO2/c1-13-7-14(2)9-15(8-13)10-19-11-16-12-20-17-5-3-4-6-18(17)21-16/h3-9,16,19H,10-12H2,1-2H3. The van der Waals surface area contributed by atoms with Gasteiger partial charge in [0.2, 0.25) is 0 Å². The molecule has 2 aromatic carbocycles. The maximum atomic E-state index is 5.93. The van der Waals surface area contributed by atoms with Gasteiger partial charge in [0.1, 0.15) is 12.7 Å². The first kappa shape index (κ1) is 14.0. The summed E-state index contributed by atoms with van der Waals surface area (Å²) in [5, 5.41) is 3.45. The molecule has 1 atom stereocenters. The first-order chi connectivity index (χ1) is 10.2. The van der Waals surface area contributed by atoms with Crippen molar-refractivity contribution in [2.24, 2.45) is 0 Å². The van der Waals surface area contributed by atoms with Crippen molar-refractivity contribution >= 4 is 0 Å². The van der Waals surface area contributed by atoms with Gasteiger partial charge in [0, 0.05) is 13.1 Å². The number of para-hydroxylation sites is 2. The number of benzene rings is 2. The molecule has 0 bridgehead atoms.